The zero-order chi connectivity index (χ0) is 23.5. The molecule has 1 aromatic heterocycles. The number of carbonyl (C=O) groups excluding carboxylic acids is 2. The molecule has 0 saturated carbocycles. The number of ether oxygens (including phenoxy) is 2. The fraction of sp³-hybridized carbons (Fsp3) is 0.231. The largest absolute Gasteiger partial charge is 0.507 e. The number of aliphatic hydroxyl groups excluding tert-OH is 1. The average molecular weight is 447 g/mol. The third-order valence-corrected chi connectivity index (χ3v) is 5.39. The molecule has 7 heteroatoms. The lowest BCUT2D eigenvalue weighted by Gasteiger charge is -2.23. The number of hydrogen-bond donors (Lipinski definition) is 1. The molecule has 4 rings (SSSR count). The smallest absolute Gasteiger partial charge is 0.300 e. The predicted molar refractivity (Wildman–Crippen MR) is 123 cm³/mol. The molecule has 7 nitrogen and oxygen atoms in total. The van der Waals surface area contributed by atoms with Gasteiger partial charge in [-0.3, -0.25) is 14.5 Å². The Balaban J connectivity index is 1.90. The van der Waals surface area contributed by atoms with Gasteiger partial charge in [-0.05, 0) is 57.2 Å². The van der Waals surface area contributed by atoms with Gasteiger partial charge < -0.3 is 19.0 Å². The summed E-state index contributed by atoms with van der Waals surface area (Å²) in [6.07, 6.45) is 1.47. The number of nitrogens with zero attached hydrogens (tertiary/aromatic N) is 1. The van der Waals surface area contributed by atoms with Crippen molar-refractivity contribution >= 4 is 23.1 Å². The Hall–Kier alpha value is -4.00. The molecule has 1 aliphatic heterocycles. The van der Waals surface area contributed by atoms with Crippen molar-refractivity contribution < 1.29 is 28.6 Å². The van der Waals surface area contributed by atoms with Crippen LogP contribution in [-0.4, -0.2) is 30.0 Å². The van der Waals surface area contributed by atoms with E-state index >= 15 is 0 Å². The number of aryl methyl sites for hydroxylation is 1. The fourth-order valence-electron chi connectivity index (χ4n) is 3.89. The van der Waals surface area contributed by atoms with Crippen molar-refractivity contribution in [1.82, 2.24) is 0 Å². The highest BCUT2D eigenvalue weighted by molar-refractivity contribution is 6.51. The van der Waals surface area contributed by atoms with E-state index in [9.17, 15) is 14.7 Å². The van der Waals surface area contributed by atoms with E-state index in [0.29, 0.717) is 41.7 Å². The zero-order valence-electron chi connectivity index (χ0n) is 18.7. The topological polar surface area (TPSA) is 89.2 Å². The van der Waals surface area contributed by atoms with Crippen LogP contribution in [0.15, 0.2) is 70.9 Å². The number of ketones is 1. The SMILES string of the molecule is CCOc1ccc(/C(O)=C2/C(=O)C(=O)N(c3ccc(C)cc3)C2c2ccco2)c(OCC)c1. The molecule has 1 amide bonds. The summed E-state index contributed by atoms with van der Waals surface area (Å²) in [6, 6.07) is 14.6. The Labute approximate surface area is 191 Å². The molecular weight excluding hydrogens is 422 g/mol. The molecular formula is C26H25NO6. The number of carbonyl (C=O) groups is 2. The maximum Gasteiger partial charge on any atom is 0.300 e. The minimum absolute atomic E-state index is 0.0689. The van der Waals surface area contributed by atoms with Gasteiger partial charge in [0.05, 0.1) is 30.6 Å². The van der Waals surface area contributed by atoms with Crippen molar-refractivity contribution in [3.8, 4) is 11.5 Å². The first-order chi connectivity index (χ1) is 16.0. The second-order valence-electron chi connectivity index (χ2n) is 7.54. The average Bonchev–Trinajstić information content (AvgIpc) is 3.42. The Morgan fingerprint density at radius 3 is 2.39 bits per heavy atom. The summed E-state index contributed by atoms with van der Waals surface area (Å²) < 4.78 is 16.8. The molecule has 170 valence electrons. The molecule has 0 spiro atoms. The maximum absolute atomic E-state index is 13.2. The normalized spacial score (nSPS) is 17.4. The summed E-state index contributed by atoms with van der Waals surface area (Å²) in [4.78, 5) is 27.7. The molecule has 2 aromatic carbocycles. The first-order valence-corrected chi connectivity index (χ1v) is 10.8. The van der Waals surface area contributed by atoms with Crippen LogP contribution in [0.5, 0.6) is 11.5 Å². The predicted octanol–water partition coefficient (Wildman–Crippen LogP) is 5.01. The molecule has 1 unspecified atom stereocenters. The van der Waals surface area contributed by atoms with Gasteiger partial charge in [-0.2, -0.15) is 0 Å². The third-order valence-electron chi connectivity index (χ3n) is 5.39. The van der Waals surface area contributed by atoms with Crippen LogP contribution < -0.4 is 14.4 Å². The second kappa shape index (κ2) is 9.24. The van der Waals surface area contributed by atoms with Crippen LogP contribution in [0.1, 0.15) is 36.8 Å². The molecule has 1 saturated heterocycles. The van der Waals surface area contributed by atoms with Crippen molar-refractivity contribution in [1.29, 1.82) is 0 Å². The lowest BCUT2D eigenvalue weighted by atomic mass is 9.98. The van der Waals surface area contributed by atoms with Crippen LogP contribution in [0.25, 0.3) is 5.76 Å². The van der Waals surface area contributed by atoms with Crippen molar-refractivity contribution in [2.24, 2.45) is 0 Å². The number of aliphatic hydroxyl groups is 1. The van der Waals surface area contributed by atoms with Crippen LogP contribution in [0.2, 0.25) is 0 Å². The number of Topliss-reactive ketones (excluding diaryl/α,β-unsaturated/α-hetero) is 1. The number of amides is 1. The van der Waals surface area contributed by atoms with E-state index in [1.54, 1.807) is 42.5 Å². The van der Waals surface area contributed by atoms with Crippen molar-refractivity contribution in [2.45, 2.75) is 26.8 Å². The van der Waals surface area contributed by atoms with Gasteiger partial charge in [0.2, 0.25) is 0 Å². The van der Waals surface area contributed by atoms with Crippen LogP contribution in [0.3, 0.4) is 0 Å². The van der Waals surface area contributed by atoms with Crippen molar-refractivity contribution in [2.75, 3.05) is 18.1 Å². The highest BCUT2D eigenvalue weighted by Crippen LogP contribution is 2.43. The molecule has 2 heterocycles. The molecule has 0 aliphatic carbocycles. The monoisotopic (exact) mass is 447 g/mol. The molecule has 3 aromatic rings. The summed E-state index contributed by atoms with van der Waals surface area (Å²) in [7, 11) is 0. The number of benzene rings is 2. The minimum Gasteiger partial charge on any atom is -0.507 e. The standard InChI is InChI=1S/C26H25NO6/c1-4-31-18-12-13-19(21(15-18)32-5-2)24(28)22-23(20-7-6-14-33-20)27(26(30)25(22)29)17-10-8-16(3)9-11-17/h6-15,23,28H,4-5H2,1-3H3/b24-22-. The molecule has 33 heavy (non-hydrogen) atoms. The number of anilines is 1. The molecule has 1 N–H and O–H groups in total. The second-order valence-corrected chi connectivity index (χ2v) is 7.54. The lowest BCUT2D eigenvalue weighted by Crippen LogP contribution is -2.29. The van der Waals surface area contributed by atoms with Gasteiger partial charge in [0.1, 0.15) is 29.1 Å². The molecule has 1 fully saturated rings. The van der Waals surface area contributed by atoms with Crippen LogP contribution in [0, 0.1) is 6.92 Å². The third kappa shape index (κ3) is 4.09. The van der Waals surface area contributed by atoms with Gasteiger partial charge in [0, 0.05) is 11.8 Å². The van der Waals surface area contributed by atoms with E-state index in [4.69, 9.17) is 13.9 Å². The van der Waals surface area contributed by atoms with E-state index in [1.165, 1.54) is 11.2 Å². The Bertz CT molecular complexity index is 1190. The number of furan rings is 1. The van der Waals surface area contributed by atoms with E-state index < -0.39 is 17.7 Å². The van der Waals surface area contributed by atoms with Gasteiger partial charge in [-0.25, -0.2) is 0 Å². The van der Waals surface area contributed by atoms with Gasteiger partial charge in [-0.15, -0.1) is 0 Å². The maximum atomic E-state index is 13.2. The van der Waals surface area contributed by atoms with Crippen LogP contribution in [-0.2, 0) is 9.59 Å². The summed E-state index contributed by atoms with van der Waals surface area (Å²) in [5.41, 5.74) is 1.76. The van der Waals surface area contributed by atoms with Crippen LogP contribution in [0.4, 0.5) is 5.69 Å². The van der Waals surface area contributed by atoms with E-state index in [2.05, 4.69) is 0 Å². The van der Waals surface area contributed by atoms with Crippen molar-refractivity contribution in [3.05, 3.63) is 83.3 Å². The van der Waals surface area contributed by atoms with Crippen LogP contribution >= 0.6 is 0 Å². The summed E-state index contributed by atoms with van der Waals surface area (Å²) in [5.74, 6) is -0.603. The number of hydrogen-bond acceptors (Lipinski definition) is 6. The first kappa shape index (κ1) is 22.2. The van der Waals surface area contributed by atoms with Crippen molar-refractivity contribution in [3.63, 3.8) is 0 Å². The Morgan fingerprint density at radius 1 is 1.03 bits per heavy atom. The zero-order valence-corrected chi connectivity index (χ0v) is 18.7. The van der Waals surface area contributed by atoms with E-state index in [0.717, 1.165) is 5.56 Å². The van der Waals surface area contributed by atoms with E-state index in [1.807, 2.05) is 32.9 Å². The van der Waals surface area contributed by atoms with Gasteiger partial charge in [0.25, 0.3) is 11.7 Å². The molecule has 1 atom stereocenters. The summed E-state index contributed by atoms with van der Waals surface area (Å²) in [6.45, 7) is 6.43. The lowest BCUT2D eigenvalue weighted by molar-refractivity contribution is -0.132. The summed E-state index contributed by atoms with van der Waals surface area (Å²) in [5, 5.41) is 11.3. The molecule has 0 bridgehead atoms. The minimum atomic E-state index is -0.927. The summed E-state index contributed by atoms with van der Waals surface area (Å²) >= 11 is 0. The highest BCUT2D eigenvalue weighted by atomic mass is 16.5. The van der Waals surface area contributed by atoms with Gasteiger partial charge >= 0.3 is 0 Å². The Kier molecular flexibility index (Phi) is 6.22. The molecule has 1 aliphatic rings. The molecule has 0 radical (unpaired) electrons. The quantitative estimate of drug-likeness (QED) is 0.311. The van der Waals surface area contributed by atoms with Gasteiger partial charge in [-0.1, -0.05) is 17.7 Å². The Morgan fingerprint density at radius 2 is 1.76 bits per heavy atom. The first-order valence-electron chi connectivity index (χ1n) is 10.8. The fourth-order valence-corrected chi connectivity index (χ4v) is 3.89. The van der Waals surface area contributed by atoms with E-state index in [-0.39, 0.29) is 11.3 Å². The van der Waals surface area contributed by atoms with Gasteiger partial charge in [0.15, 0.2) is 0 Å². The highest BCUT2D eigenvalue weighted by Gasteiger charge is 2.48. The number of rotatable bonds is 7.